The number of thiocarbonyl (C=S) groups is 1. The van der Waals surface area contributed by atoms with Crippen LogP contribution in [0.2, 0.25) is 0 Å². The molecule has 126 valence electrons. The first-order valence-corrected chi connectivity index (χ1v) is 10.1. The van der Waals surface area contributed by atoms with Crippen LogP contribution in [-0.4, -0.2) is 36.0 Å². The fraction of sp³-hybridized carbons (Fsp3) is 0.278. The second kappa shape index (κ2) is 7.32. The lowest BCUT2D eigenvalue weighted by atomic mass is 10.1. The highest BCUT2D eigenvalue weighted by molar-refractivity contribution is 7.91. The Bertz CT molecular complexity index is 792. The molecule has 1 atom stereocenters. The zero-order valence-corrected chi connectivity index (χ0v) is 14.9. The minimum Gasteiger partial charge on any atom is -0.341 e. The molecule has 0 saturated carbocycles. The number of hydrogen-bond donors (Lipinski definition) is 1. The van der Waals surface area contributed by atoms with Gasteiger partial charge in [0.1, 0.15) is 0 Å². The maximum absolute atomic E-state index is 11.9. The third-order valence-electron chi connectivity index (χ3n) is 4.13. The Hall–Kier alpha value is -1.92. The molecule has 1 heterocycles. The van der Waals surface area contributed by atoms with Crippen molar-refractivity contribution in [3.63, 3.8) is 0 Å². The average molecular weight is 361 g/mol. The zero-order chi connectivity index (χ0) is 17.0. The van der Waals surface area contributed by atoms with E-state index < -0.39 is 9.84 Å². The summed E-state index contributed by atoms with van der Waals surface area (Å²) in [7, 11) is -2.97. The maximum Gasteiger partial charge on any atom is 0.174 e. The number of nitrogens with one attached hydrogen (secondary N) is 1. The minimum atomic E-state index is -2.97. The number of sulfone groups is 1. The van der Waals surface area contributed by atoms with Gasteiger partial charge in [0.2, 0.25) is 0 Å². The number of nitrogens with zero attached hydrogens (tertiary/aromatic N) is 1. The van der Waals surface area contributed by atoms with E-state index in [2.05, 4.69) is 5.32 Å². The number of hydrogen-bond acceptors (Lipinski definition) is 3. The van der Waals surface area contributed by atoms with Crippen molar-refractivity contribution in [3.8, 4) is 0 Å². The summed E-state index contributed by atoms with van der Waals surface area (Å²) < 4.78 is 23.8. The Labute approximate surface area is 148 Å². The highest BCUT2D eigenvalue weighted by Crippen LogP contribution is 2.21. The van der Waals surface area contributed by atoms with E-state index in [9.17, 15) is 8.42 Å². The molecule has 0 radical (unpaired) electrons. The van der Waals surface area contributed by atoms with Crippen LogP contribution in [0.1, 0.15) is 12.0 Å². The smallest absolute Gasteiger partial charge is 0.174 e. The Balaban J connectivity index is 1.80. The largest absolute Gasteiger partial charge is 0.341 e. The highest BCUT2D eigenvalue weighted by atomic mass is 32.2. The summed E-state index contributed by atoms with van der Waals surface area (Å²) in [6.45, 7) is 0.597. The van der Waals surface area contributed by atoms with Crippen molar-refractivity contribution in [2.75, 3.05) is 16.8 Å². The summed E-state index contributed by atoms with van der Waals surface area (Å²) in [6.07, 6.45) is 0.617. The summed E-state index contributed by atoms with van der Waals surface area (Å²) in [6, 6.07) is 19.6. The first-order chi connectivity index (χ1) is 11.5. The van der Waals surface area contributed by atoms with Crippen LogP contribution in [0.3, 0.4) is 0 Å². The van der Waals surface area contributed by atoms with Gasteiger partial charge in [-0.1, -0.05) is 48.5 Å². The standard InChI is InChI=1S/C18H20N2O2S2/c21-24(22)12-11-17(14-24)20(13-15-7-3-1-4-8-15)18(23)19-16-9-5-2-6-10-16/h1-10,17H,11-14H2,(H,19,23)/t17-/m0/s1. The monoisotopic (exact) mass is 360 g/mol. The van der Waals surface area contributed by atoms with Crippen LogP contribution < -0.4 is 5.32 Å². The van der Waals surface area contributed by atoms with E-state index in [1.807, 2.05) is 65.6 Å². The fourth-order valence-corrected chi connectivity index (χ4v) is 4.95. The lowest BCUT2D eigenvalue weighted by Gasteiger charge is -2.31. The van der Waals surface area contributed by atoms with Gasteiger partial charge in [-0.15, -0.1) is 0 Å². The molecular weight excluding hydrogens is 340 g/mol. The molecule has 2 aromatic carbocycles. The minimum absolute atomic E-state index is 0.0843. The van der Waals surface area contributed by atoms with Crippen LogP contribution in [0.15, 0.2) is 60.7 Å². The summed E-state index contributed by atoms with van der Waals surface area (Å²) >= 11 is 5.59. The quantitative estimate of drug-likeness (QED) is 0.849. The van der Waals surface area contributed by atoms with Gasteiger partial charge in [-0.2, -0.15) is 0 Å². The Kier molecular flexibility index (Phi) is 5.16. The van der Waals surface area contributed by atoms with Crippen LogP contribution in [0, 0.1) is 0 Å². The third kappa shape index (κ3) is 4.33. The summed E-state index contributed by atoms with van der Waals surface area (Å²) in [5, 5.41) is 3.79. The molecule has 0 aromatic heterocycles. The van der Waals surface area contributed by atoms with Crippen LogP contribution in [0.4, 0.5) is 5.69 Å². The molecule has 0 aliphatic carbocycles. The van der Waals surface area contributed by atoms with Crippen molar-refractivity contribution in [3.05, 3.63) is 66.2 Å². The summed E-state index contributed by atoms with van der Waals surface area (Å²) in [4.78, 5) is 2.00. The van der Waals surface area contributed by atoms with Gasteiger partial charge in [-0.3, -0.25) is 0 Å². The Morgan fingerprint density at radius 3 is 2.29 bits per heavy atom. The molecule has 4 nitrogen and oxygen atoms in total. The van der Waals surface area contributed by atoms with Gasteiger partial charge in [-0.25, -0.2) is 8.42 Å². The topological polar surface area (TPSA) is 49.4 Å². The molecule has 1 aliphatic rings. The van der Waals surface area contributed by atoms with E-state index in [1.54, 1.807) is 0 Å². The molecule has 24 heavy (non-hydrogen) atoms. The van der Waals surface area contributed by atoms with Crippen LogP contribution in [0.5, 0.6) is 0 Å². The summed E-state index contributed by atoms with van der Waals surface area (Å²) in [5.41, 5.74) is 2.01. The molecule has 0 spiro atoms. The van der Waals surface area contributed by atoms with Gasteiger partial charge >= 0.3 is 0 Å². The third-order valence-corrected chi connectivity index (χ3v) is 6.22. The second-order valence-corrected chi connectivity index (χ2v) is 8.58. The van der Waals surface area contributed by atoms with Crippen molar-refractivity contribution in [1.82, 2.24) is 4.90 Å². The summed E-state index contributed by atoms with van der Waals surface area (Å²) in [5.74, 6) is 0.396. The van der Waals surface area contributed by atoms with Crippen molar-refractivity contribution in [1.29, 1.82) is 0 Å². The number of benzene rings is 2. The van der Waals surface area contributed by atoms with Crippen LogP contribution >= 0.6 is 12.2 Å². The van der Waals surface area contributed by atoms with Crippen molar-refractivity contribution >= 4 is 32.9 Å². The SMILES string of the molecule is O=S1(=O)CC[C@H](N(Cc2ccccc2)C(=S)Nc2ccccc2)C1. The first-order valence-electron chi connectivity index (χ1n) is 7.90. The van der Waals surface area contributed by atoms with Crippen molar-refractivity contribution in [2.45, 2.75) is 19.0 Å². The highest BCUT2D eigenvalue weighted by Gasteiger charge is 2.33. The Morgan fingerprint density at radius 2 is 1.71 bits per heavy atom. The molecular formula is C18H20N2O2S2. The lowest BCUT2D eigenvalue weighted by Crippen LogP contribution is -2.42. The van der Waals surface area contributed by atoms with E-state index in [4.69, 9.17) is 12.2 Å². The van der Waals surface area contributed by atoms with Gasteiger partial charge in [-0.05, 0) is 36.3 Å². The van der Waals surface area contributed by atoms with Crippen LogP contribution in [-0.2, 0) is 16.4 Å². The Morgan fingerprint density at radius 1 is 1.08 bits per heavy atom. The predicted molar refractivity (Wildman–Crippen MR) is 102 cm³/mol. The molecule has 0 bridgehead atoms. The molecule has 1 fully saturated rings. The molecule has 1 saturated heterocycles. The number of para-hydroxylation sites is 1. The zero-order valence-electron chi connectivity index (χ0n) is 13.3. The van der Waals surface area contributed by atoms with Gasteiger partial charge < -0.3 is 10.2 Å². The van der Waals surface area contributed by atoms with Gasteiger partial charge in [0.25, 0.3) is 0 Å². The normalized spacial score (nSPS) is 18.9. The molecule has 0 unspecified atom stereocenters. The number of anilines is 1. The molecule has 0 amide bonds. The van der Waals surface area contributed by atoms with E-state index in [1.165, 1.54) is 0 Å². The maximum atomic E-state index is 11.9. The van der Waals surface area contributed by atoms with Crippen molar-refractivity contribution in [2.24, 2.45) is 0 Å². The molecule has 2 aromatic rings. The molecule has 3 rings (SSSR count). The lowest BCUT2D eigenvalue weighted by molar-refractivity contribution is 0.332. The average Bonchev–Trinajstić information content (AvgIpc) is 2.94. The predicted octanol–water partition coefficient (Wildman–Crippen LogP) is 3.07. The van der Waals surface area contributed by atoms with Crippen LogP contribution in [0.25, 0.3) is 0 Å². The van der Waals surface area contributed by atoms with E-state index in [0.717, 1.165) is 11.3 Å². The van der Waals surface area contributed by atoms with Gasteiger partial charge in [0.05, 0.1) is 11.5 Å². The second-order valence-electron chi connectivity index (χ2n) is 5.97. The van der Waals surface area contributed by atoms with Gasteiger partial charge in [0, 0.05) is 18.3 Å². The van der Waals surface area contributed by atoms with E-state index >= 15 is 0 Å². The molecule has 6 heteroatoms. The molecule has 1 N–H and O–H groups in total. The van der Waals surface area contributed by atoms with E-state index in [-0.39, 0.29) is 17.5 Å². The van der Waals surface area contributed by atoms with E-state index in [0.29, 0.717) is 18.1 Å². The number of rotatable bonds is 4. The fourth-order valence-electron chi connectivity index (χ4n) is 2.88. The van der Waals surface area contributed by atoms with Crippen molar-refractivity contribution < 1.29 is 8.42 Å². The van der Waals surface area contributed by atoms with Gasteiger partial charge in [0.15, 0.2) is 14.9 Å². The molecule has 1 aliphatic heterocycles. The first kappa shape index (κ1) is 16.9.